The van der Waals surface area contributed by atoms with E-state index >= 15 is 0 Å². The molecule has 0 aliphatic carbocycles. The molecular formula is C12H15NO5. The maximum Gasteiger partial charge on any atom is 0.332 e. The first kappa shape index (κ1) is 14.0. The highest BCUT2D eigenvalue weighted by Gasteiger charge is 2.12. The third kappa shape index (κ3) is 5.31. The lowest BCUT2D eigenvalue weighted by Gasteiger charge is -2.08. The van der Waals surface area contributed by atoms with Crippen LogP contribution in [0.15, 0.2) is 30.3 Å². The number of nitrogens with one attached hydrogen (secondary N) is 1. The summed E-state index contributed by atoms with van der Waals surface area (Å²) in [6.45, 7) is -0.0579. The standard InChI is InChI=1S/C12H15NO5/c14-10(12(16)17)6-7-13-11(15)8-18-9-4-2-1-3-5-9/h1-5,10,14H,6-8H2,(H,13,15)(H,16,17). The summed E-state index contributed by atoms with van der Waals surface area (Å²) in [6, 6.07) is 8.86. The van der Waals surface area contributed by atoms with Gasteiger partial charge in [0.05, 0.1) is 0 Å². The number of carbonyl (C=O) groups is 2. The lowest BCUT2D eigenvalue weighted by Crippen LogP contribution is -2.33. The lowest BCUT2D eigenvalue weighted by atomic mass is 10.2. The second kappa shape index (κ2) is 7.29. The van der Waals surface area contributed by atoms with Crippen LogP contribution < -0.4 is 10.1 Å². The van der Waals surface area contributed by atoms with Crippen molar-refractivity contribution in [1.29, 1.82) is 0 Å². The second-order valence-electron chi connectivity index (χ2n) is 3.59. The first-order valence-electron chi connectivity index (χ1n) is 5.45. The Morgan fingerprint density at radius 2 is 1.94 bits per heavy atom. The topological polar surface area (TPSA) is 95.9 Å². The Kier molecular flexibility index (Phi) is 5.66. The van der Waals surface area contributed by atoms with Gasteiger partial charge in [-0.05, 0) is 12.1 Å². The minimum Gasteiger partial charge on any atom is -0.484 e. The SMILES string of the molecule is O=C(COc1ccccc1)NCCC(O)C(=O)O. The number of benzene rings is 1. The summed E-state index contributed by atoms with van der Waals surface area (Å²) in [5.41, 5.74) is 0. The van der Waals surface area contributed by atoms with Crippen molar-refractivity contribution in [2.75, 3.05) is 13.2 Å². The summed E-state index contributed by atoms with van der Waals surface area (Å²) in [6.07, 6.45) is -1.49. The first-order chi connectivity index (χ1) is 8.59. The molecular weight excluding hydrogens is 238 g/mol. The number of aliphatic hydroxyl groups is 1. The van der Waals surface area contributed by atoms with Crippen LogP contribution in [0.2, 0.25) is 0 Å². The Balaban J connectivity index is 2.17. The molecule has 0 heterocycles. The van der Waals surface area contributed by atoms with Gasteiger partial charge in [-0.2, -0.15) is 0 Å². The van der Waals surface area contributed by atoms with Gasteiger partial charge >= 0.3 is 5.97 Å². The number of carboxylic acids is 1. The number of carbonyl (C=O) groups excluding carboxylic acids is 1. The van der Waals surface area contributed by atoms with E-state index in [2.05, 4.69) is 5.32 Å². The number of aliphatic carboxylic acids is 1. The Morgan fingerprint density at radius 3 is 2.56 bits per heavy atom. The molecule has 0 aliphatic heterocycles. The maximum absolute atomic E-state index is 11.3. The zero-order valence-electron chi connectivity index (χ0n) is 9.70. The predicted molar refractivity (Wildman–Crippen MR) is 63.2 cm³/mol. The maximum atomic E-state index is 11.3. The molecule has 0 bridgehead atoms. The van der Waals surface area contributed by atoms with Crippen molar-refractivity contribution in [3.05, 3.63) is 30.3 Å². The molecule has 1 amide bonds. The quantitative estimate of drug-likeness (QED) is 0.636. The van der Waals surface area contributed by atoms with E-state index < -0.39 is 12.1 Å². The molecule has 98 valence electrons. The molecule has 1 unspecified atom stereocenters. The number of ether oxygens (including phenoxy) is 1. The van der Waals surface area contributed by atoms with Crippen molar-refractivity contribution >= 4 is 11.9 Å². The normalized spacial score (nSPS) is 11.6. The van der Waals surface area contributed by atoms with Gasteiger partial charge in [0.2, 0.25) is 0 Å². The molecule has 0 saturated carbocycles. The van der Waals surface area contributed by atoms with Gasteiger partial charge in [-0.3, -0.25) is 4.79 Å². The van der Waals surface area contributed by atoms with E-state index in [4.69, 9.17) is 14.9 Å². The Labute approximate surface area is 104 Å². The van der Waals surface area contributed by atoms with Crippen LogP contribution in [0.3, 0.4) is 0 Å². The van der Waals surface area contributed by atoms with E-state index in [9.17, 15) is 9.59 Å². The van der Waals surface area contributed by atoms with E-state index in [1.807, 2.05) is 6.07 Å². The van der Waals surface area contributed by atoms with Gasteiger partial charge < -0.3 is 20.3 Å². The fourth-order valence-corrected chi connectivity index (χ4v) is 1.19. The first-order valence-corrected chi connectivity index (χ1v) is 5.45. The fraction of sp³-hybridized carbons (Fsp3) is 0.333. The molecule has 1 aromatic carbocycles. The average Bonchev–Trinajstić information content (AvgIpc) is 2.37. The monoisotopic (exact) mass is 253 g/mol. The van der Waals surface area contributed by atoms with E-state index in [1.165, 1.54) is 0 Å². The van der Waals surface area contributed by atoms with Crippen molar-refractivity contribution in [2.45, 2.75) is 12.5 Å². The predicted octanol–water partition coefficient (Wildman–Crippen LogP) is 0.0172. The molecule has 0 spiro atoms. The lowest BCUT2D eigenvalue weighted by molar-refractivity contribution is -0.147. The number of aliphatic hydroxyl groups excluding tert-OH is 1. The molecule has 0 radical (unpaired) electrons. The Morgan fingerprint density at radius 1 is 1.28 bits per heavy atom. The zero-order valence-corrected chi connectivity index (χ0v) is 9.70. The van der Waals surface area contributed by atoms with E-state index in [0.29, 0.717) is 5.75 Å². The molecule has 6 heteroatoms. The number of carboxylic acid groups (broad SMARTS) is 1. The number of hydrogen-bond acceptors (Lipinski definition) is 4. The van der Waals surface area contributed by atoms with Crippen LogP contribution in [-0.4, -0.2) is 41.3 Å². The van der Waals surface area contributed by atoms with Gasteiger partial charge in [-0.15, -0.1) is 0 Å². The Hall–Kier alpha value is -2.08. The highest BCUT2D eigenvalue weighted by molar-refractivity contribution is 5.77. The number of para-hydroxylation sites is 1. The van der Waals surface area contributed by atoms with Gasteiger partial charge in [0, 0.05) is 13.0 Å². The largest absolute Gasteiger partial charge is 0.484 e. The molecule has 1 rings (SSSR count). The molecule has 6 nitrogen and oxygen atoms in total. The second-order valence-corrected chi connectivity index (χ2v) is 3.59. The van der Waals surface area contributed by atoms with Gasteiger partial charge in [0.15, 0.2) is 12.7 Å². The van der Waals surface area contributed by atoms with Crippen LogP contribution in [-0.2, 0) is 9.59 Å². The third-order valence-electron chi connectivity index (χ3n) is 2.14. The van der Waals surface area contributed by atoms with Gasteiger partial charge in [-0.25, -0.2) is 4.79 Å². The third-order valence-corrected chi connectivity index (χ3v) is 2.14. The summed E-state index contributed by atoms with van der Waals surface area (Å²) in [5.74, 6) is -1.08. The molecule has 1 atom stereocenters. The Bertz CT molecular complexity index is 393. The van der Waals surface area contributed by atoms with Crippen LogP contribution >= 0.6 is 0 Å². The van der Waals surface area contributed by atoms with Crippen molar-refractivity contribution in [3.8, 4) is 5.75 Å². The van der Waals surface area contributed by atoms with Crippen molar-refractivity contribution < 1.29 is 24.5 Å². The number of amides is 1. The summed E-state index contributed by atoms with van der Waals surface area (Å²) in [4.78, 5) is 21.6. The van der Waals surface area contributed by atoms with Gasteiger partial charge in [0.25, 0.3) is 5.91 Å². The van der Waals surface area contributed by atoms with E-state index in [1.54, 1.807) is 24.3 Å². The highest BCUT2D eigenvalue weighted by Crippen LogP contribution is 2.07. The molecule has 3 N–H and O–H groups in total. The number of hydrogen-bond donors (Lipinski definition) is 3. The minimum absolute atomic E-state index is 0.0353. The van der Waals surface area contributed by atoms with Crippen LogP contribution in [0.25, 0.3) is 0 Å². The van der Waals surface area contributed by atoms with Crippen LogP contribution in [0.5, 0.6) is 5.75 Å². The molecule has 0 aromatic heterocycles. The van der Waals surface area contributed by atoms with E-state index in [0.717, 1.165) is 0 Å². The highest BCUT2D eigenvalue weighted by atomic mass is 16.5. The zero-order chi connectivity index (χ0) is 13.4. The van der Waals surface area contributed by atoms with E-state index in [-0.39, 0.29) is 25.5 Å². The van der Waals surface area contributed by atoms with Crippen molar-refractivity contribution in [3.63, 3.8) is 0 Å². The van der Waals surface area contributed by atoms with Gasteiger partial charge in [0.1, 0.15) is 5.75 Å². The summed E-state index contributed by atoms with van der Waals surface area (Å²) < 4.78 is 5.18. The smallest absolute Gasteiger partial charge is 0.332 e. The summed E-state index contributed by atoms with van der Waals surface area (Å²) in [7, 11) is 0. The summed E-state index contributed by atoms with van der Waals surface area (Å²) in [5, 5.41) is 19.8. The molecule has 0 saturated heterocycles. The van der Waals surface area contributed by atoms with Crippen molar-refractivity contribution in [2.24, 2.45) is 0 Å². The van der Waals surface area contributed by atoms with Crippen LogP contribution in [0, 0.1) is 0 Å². The van der Waals surface area contributed by atoms with Crippen LogP contribution in [0.1, 0.15) is 6.42 Å². The van der Waals surface area contributed by atoms with Crippen LogP contribution in [0.4, 0.5) is 0 Å². The summed E-state index contributed by atoms with van der Waals surface area (Å²) >= 11 is 0. The molecule has 0 fully saturated rings. The average molecular weight is 253 g/mol. The molecule has 1 aromatic rings. The molecule has 18 heavy (non-hydrogen) atoms. The number of rotatable bonds is 7. The van der Waals surface area contributed by atoms with Crippen molar-refractivity contribution in [1.82, 2.24) is 5.32 Å². The molecule has 0 aliphatic rings. The van der Waals surface area contributed by atoms with Gasteiger partial charge in [-0.1, -0.05) is 18.2 Å². The fourth-order valence-electron chi connectivity index (χ4n) is 1.19. The minimum atomic E-state index is -1.46.